The molecular weight excluding hydrogens is 258 g/mol. The van der Waals surface area contributed by atoms with E-state index in [0.717, 1.165) is 17.7 Å². The first-order valence-electron chi connectivity index (χ1n) is 6.15. The van der Waals surface area contributed by atoms with Crippen molar-refractivity contribution in [2.24, 2.45) is 0 Å². The van der Waals surface area contributed by atoms with Gasteiger partial charge in [0, 0.05) is 6.20 Å². The Balaban J connectivity index is 2.29. The molecule has 1 aromatic rings. The lowest BCUT2D eigenvalue weighted by atomic mass is 10.0. The molecule has 1 amide bonds. The SMILES string of the molecule is COc1ccc([C@@H]2CC=CC=CN2C(=O)CS)cc1. The van der Waals surface area contributed by atoms with Gasteiger partial charge in [0.05, 0.1) is 18.9 Å². The second kappa shape index (κ2) is 6.48. The number of allylic oxidation sites excluding steroid dienone is 2. The number of thiol groups is 1. The van der Waals surface area contributed by atoms with E-state index in [1.54, 1.807) is 12.0 Å². The van der Waals surface area contributed by atoms with E-state index in [4.69, 9.17) is 4.74 Å². The maximum Gasteiger partial charge on any atom is 0.236 e. The van der Waals surface area contributed by atoms with Crippen molar-refractivity contribution in [3.63, 3.8) is 0 Å². The van der Waals surface area contributed by atoms with Gasteiger partial charge < -0.3 is 9.64 Å². The average Bonchev–Trinajstić information content (AvgIpc) is 2.72. The minimum Gasteiger partial charge on any atom is -0.497 e. The number of nitrogens with zero attached hydrogens (tertiary/aromatic N) is 1. The molecule has 3 nitrogen and oxygen atoms in total. The largest absolute Gasteiger partial charge is 0.497 e. The highest BCUT2D eigenvalue weighted by molar-refractivity contribution is 7.81. The fourth-order valence-electron chi connectivity index (χ4n) is 2.11. The zero-order valence-electron chi connectivity index (χ0n) is 10.8. The predicted octanol–water partition coefficient (Wildman–Crippen LogP) is 2.97. The summed E-state index contributed by atoms with van der Waals surface area (Å²) in [6.07, 6.45) is 8.51. The van der Waals surface area contributed by atoms with Crippen molar-refractivity contribution in [2.45, 2.75) is 12.5 Å². The predicted molar refractivity (Wildman–Crippen MR) is 79.3 cm³/mol. The van der Waals surface area contributed by atoms with Crippen LogP contribution in [0.25, 0.3) is 0 Å². The average molecular weight is 275 g/mol. The maximum absolute atomic E-state index is 12.0. The second-order valence-corrected chi connectivity index (χ2v) is 4.57. The van der Waals surface area contributed by atoms with Crippen molar-refractivity contribution in [1.82, 2.24) is 4.90 Å². The number of rotatable bonds is 3. The summed E-state index contributed by atoms with van der Waals surface area (Å²) in [5, 5.41) is 0. The molecule has 0 radical (unpaired) electrons. The van der Waals surface area contributed by atoms with Crippen molar-refractivity contribution in [3.8, 4) is 5.75 Å². The first kappa shape index (κ1) is 13.7. The molecule has 1 aliphatic heterocycles. The Morgan fingerprint density at radius 1 is 1.37 bits per heavy atom. The molecule has 0 spiro atoms. The van der Waals surface area contributed by atoms with Gasteiger partial charge in [-0.3, -0.25) is 4.79 Å². The Morgan fingerprint density at radius 2 is 2.11 bits per heavy atom. The van der Waals surface area contributed by atoms with Crippen molar-refractivity contribution >= 4 is 18.5 Å². The van der Waals surface area contributed by atoms with E-state index < -0.39 is 0 Å². The molecule has 100 valence electrons. The third-order valence-corrected chi connectivity index (χ3v) is 3.38. The second-order valence-electron chi connectivity index (χ2n) is 4.25. The minimum atomic E-state index is 0.00380. The lowest BCUT2D eigenvalue weighted by molar-refractivity contribution is -0.127. The van der Waals surface area contributed by atoms with E-state index in [1.807, 2.05) is 42.6 Å². The molecule has 0 saturated carbocycles. The van der Waals surface area contributed by atoms with Crippen molar-refractivity contribution in [1.29, 1.82) is 0 Å². The molecule has 0 saturated heterocycles. The smallest absolute Gasteiger partial charge is 0.236 e. The molecule has 1 aromatic carbocycles. The number of amides is 1. The summed E-state index contributed by atoms with van der Waals surface area (Å²) in [4.78, 5) is 13.7. The van der Waals surface area contributed by atoms with Crippen LogP contribution in [0.5, 0.6) is 5.75 Å². The fourth-order valence-corrected chi connectivity index (χ4v) is 2.27. The van der Waals surface area contributed by atoms with Crippen LogP contribution in [0.2, 0.25) is 0 Å². The summed E-state index contributed by atoms with van der Waals surface area (Å²) in [5.41, 5.74) is 1.09. The van der Waals surface area contributed by atoms with Gasteiger partial charge in [-0.15, -0.1) is 0 Å². The number of carbonyl (C=O) groups excluding carboxylic acids is 1. The van der Waals surface area contributed by atoms with E-state index >= 15 is 0 Å². The maximum atomic E-state index is 12.0. The van der Waals surface area contributed by atoms with Gasteiger partial charge in [-0.2, -0.15) is 12.6 Å². The van der Waals surface area contributed by atoms with Crippen LogP contribution in [-0.2, 0) is 4.79 Å². The van der Waals surface area contributed by atoms with Gasteiger partial charge in [-0.25, -0.2) is 0 Å². The van der Waals surface area contributed by atoms with Gasteiger partial charge in [-0.1, -0.05) is 24.3 Å². The fraction of sp³-hybridized carbons (Fsp3) is 0.267. The molecular formula is C15H17NO2S. The Hall–Kier alpha value is -1.68. The number of ether oxygens (including phenoxy) is 1. The summed E-state index contributed by atoms with van der Waals surface area (Å²) >= 11 is 4.08. The highest BCUT2D eigenvalue weighted by atomic mass is 32.1. The molecule has 1 aliphatic rings. The number of methoxy groups -OCH3 is 1. The molecule has 0 unspecified atom stereocenters. The third-order valence-electron chi connectivity index (χ3n) is 3.11. The zero-order chi connectivity index (χ0) is 13.7. The molecule has 1 heterocycles. The summed E-state index contributed by atoms with van der Waals surface area (Å²) in [6, 6.07) is 7.83. The Bertz CT molecular complexity index is 493. The number of carbonyl (C=O) groups is 1. The van der Waals surface area contributed by atoms with Crippen LogP contribution in [0.3, 0.4) is 0 Å². The molecule has 4 heteroatoms. The standard InChI is InChI=1S/C15H17NO2S/c1-18-13-8-6-12(7-9-13)14-5-3-2-4-10-16(14)15(17)11-19/h2-4,6-10,14,19H,5,11H2,1H3/t14-/m0/s1. The van der Waals surface area contributed by atoms with Crippen LogP contribution in [0.15, 0.2) is 48.7 Å². The first-order valence-corrected chi connectivity index (χ1v) is 6.79. The van der Waals surface area contributed by atoms with Gasteiger partial charge in [-0.05, 0) is 30.2 Å². The van der Waals surface area contributed by atoms with Gasteiger partial charge in [0.25, 0.3) is 0 Å². The van der Waals surface area contributed by atoms with Crippen molar-refractivity contribution in [3.05, 3.63) is 54.3 Å². The highest BCUT2D eigenvalue weighted by Crippen LogP contribution is 2.28. The molecule has 0 bridgehead atoms. The van der Waals surface area contributed by atoms with Crippen LogP contribution in [-0.4, -0.2) is 23.7 Å². The number of hydrogen-bond donors (Lipinski definition) is 1. The monoisotopic (exact) mass is 275 g/mol. The van der Waals surface area contributed by atoms with Gasteiger partial charge in [0.1, 0.15) is 5.75 Å². The van der Waals surface area contributed by atoms with Gasteiger partial charge >= 0.3 is 0 Å². The van der Waals surface area contributed by atoms with E-state index in [1.165, 1.54) is 0 Å². The molecule has 1 atom stereocenters. The summed E-state index contributed by atoms with van der Waals surface area (Å²) < 4.78 is 5.16. The zero-order valence-corrected chi connectivity index (χ0v) is 11.7. The van der Waals surface area contributed by atoms with Crippen molar-refractivity contribution in [2.75, 3.05) is 12.9 Å². The van der Waals surface area contributed by atoms with E-state index in [2.05, 4.69) is 18.7 Å². The number of hydrogen-bond acceptors (Lipinski definition) is 3. The van der Waals surface area contributed by atoms with Crippen LogP contribution >= 0.6 is 12.6 Å². The third kappa shape index (κ3) is 3.20. The molecule has 19 heavy (non-hydrogen) atoms. The van der Waals surface area contributed by atoms with E-state index in [-0.39, 0.29) is 17.7 Å². The van der Waals surface area contributed by atoms with Crippen molar-refractivity contribution < 1.29 is 9.53 Å². The Morgan fingerprint density at radius 3 is 2.74 bits per heavy atom. The first-order chi connectivity index (χ1) is 9.26. The van der Waals surface area contributed by atoms with Crippen LogP contribution < -0.4 is 4.74 Å². The summed E-state index contributed by atoms with van der Waals surface area (Å²) in [6.45, 7) is 0. The normalized spacial score (nSPS) is 18.2. The van der Waals surface area contributed by atoms with E-state index in [0.29, 0.717) is 0 Å². The minimum absolute atomic E-state index is 0.00380. The lowest BCUT2D eigenvalue weighted by Gasteiger charge is -2.27. The van der Waals surface area contributed by atoms with Crippen LogP contribution in [0.4, 0.5) is 0 Å². The Labute approximate surface area is 119 Å². The van der Waals surface area contributed by atoms with E-state index in [9.17, 15) is 4.79 Å². The topological polar surface area (TPSA) is 29.5 Å². The Kier molecular flexibility index (Phi) is 4.68. The number of benzene rings is 1. The molecule has 0 fully saturated rings. The highest BCUT2D eigenvalue weighted by Gasteiger charge is 2.22. The van der Waals surface area contributed by atoms with Gasteiger partial charge in [0.2, 0.25) is 5.91 Å². The van der Waals surface area contributed by atoms with Crippen LogP contribution in [0, 0.1) is 0 Å². The van der Waals surface area contributed by atoms with Gasteiger partial charge in [0.15, 0.2) is 0 Å². The van der Waals surface area contributed by atoms with Crippen LogP contribution in [0.1, 0.15) is 18.0 Å². The molecule has 0 aliphatic carbocycles. The molecule has 0 N–H and O–H groups in total. The summed E-state index contributed by atoms with van der Waals surface area (Å²) in [5.74, 6) is 1.02. The lowest BCUT2D eigenvalue weighted by Crippen LogP contribution is -2.30. The quantitative estimate of drug-likeness (QED) is 0.859. The molecule has 2 rings (SSSR count). The molecule has 0 aromatic heterocycles. The summed E-state index contributed by atoms with van der Waals surface area (Å²) in [7, 11) is 1.64.